The maximum absolute atomic E-state index is 12.5. The van der Waals surface area contributed by atoms with E-state index in [9.17, 15) is 14.4 Å². The summed E-state index contributed by atoms with van der Waals surface area (Å²) >= 11 is 0. The Kier molecular flexibility index (Phi) is 6.09. The molecule has 2 atom stereocenters. The lowest BCUT2D eigenvalue weighted by atomic mass is 9.98. The third kappa shape index (κ3) is 4.00. The molecular weight excluding hydrogens is 308 g/mol. The van der Waals surface area contributed by atoms with Crippen LogP contribution in [-0.4, -0.2) is 46.4 Å². The van der Waals surface area contributed by atoms with Crippen molar-refractivity contribution in [2.75, 3.05) is 6.61 Å². The molecule has 1 saturated heterocycles. The van der Waals surface area contributed by atoms with E-state index in [0.29, 0.717) is 6.42 Å². The number of rotatable bonds is 8. The van der Waals surface area contributed by atoms with E-state index < -0.39 is 30.5 Å². The van der Waals surface area contributed by atoms with Crippen molar-refractivity contribution in [2.24, 2.45) is 5.92 Å². The van der Waals surface area contributed by atoms with Crippen molar-refractivity contribution in [3.63, 3.8) is 0 Å². The van der Waals surface area contributed by atoms with Crippen LogP contribution in [0, 0.1) is 5.92 Å². The van der Waals surface area contributed by atoms with Crippen LogP contribution in [0.25, 0.3) is 0 Å². The van der Waals surface area contributed by atoms with Gasteiger partial charge in [0.2, 0.25) is 0 Å². The van der Waals surface area contributed by atoms with Gasteiger partial charge in [-0.2, -0.15) is 0 Å². The molecule has 3 amide bonds. The quantitative estimate of drug-likeness (QED) is 0.707. The van der Waals surface area contributed by atoms with Crippen LogP contribution in [0.15, 0.2) is 30.3 Å². The molecule has 1 fully saturated rings. The van der Waals surface area contributed by atoms with Crippen LogP contribution in [0.3, 0.4) is 0 Å². The van der Waals surface area contributed by atoms with E-state index in [2.05, 4.69) is 5.32 Å². The Hall–Kier alpha value is -2.21. The lowest BCUT2D eigenvalue weighted by Gasteiger charge is -2.26. The first-order chi connectivity index (χ1) is 11.5. The molecule has 2 rings (SSSR count). The minimum absolute atomic E-state index is 0.248. The second kappa shape index (κ2) is 8.06. The second-order valence-corrected chi connectivity index (χ2v) is 6.40. The summed E-state index contributed by atoms with van der Waals surface area (Å²) in [6.07, 6.45) is 2.10. The van der Waals surface area contributed by atoms with Gasteiger partial charge in [0.1, 0.15) is 18.7 Å². The topological polar surface area (TPSA) is 86.7 Å². The first-order valence-electron chi connectivity index (χ1n) is 8.26. The number of nitrogens with zero attached hydrogens (tertiary/aromatic N) is 1. The Morgan fingerprint density at radius 3 is 2.50 bits per heavy atom. The van der Waals surface area contributed by atoms with Gasteiger partial charge in [-0.3, -0.25) is 14.5 Å². The van der Waals surface area contributed by atoms with Gasteiger partial charge >= 0.3 is 6.03 Å². The molecule has 1 aliphatic heterocycles. The molecule has 6 nitrogen and oxygen atoms in total. The van der Waals surface area contributed by atoms with Crippen molar-refractivity contribution in [2.45, 2.75) is 45.2 Å². The summed E-state index contributed by atoms with van der Waals surface area (Å²) in [6.45, 7) is 2.82. The first kappa shape index (κ1) is 18.1. The largest absolute Gasteiger partial charge is 0.388 e. The van der Waals surface area contributed by atoms with Gasteiger partial charge in [-0.1, -0.05) is 44.2 Å². The number of hydrogen-bond donors (Lipinski definition) is 2. The SMILES string of the molecule is CC(C)[C@H](C(=O)CO)N1C(=O)N[C@@H](CCCc2ccccc2)C1=O. The second-order valence-electron chi connectivity index (χ2n) is 6.40. The number of nitrogens with one attached hydrogen (secondary N) is 1. The molecule has 1 aromatic carbocycles. The molecule has 0 radical (unpaired) electrons. The zero-order valence-corrected chi connectivity index (χ0v) is 14.1. The molecule has 0 bridgehead atoms. The molecule has 0 saturated carbocycles. The Labute approximate surface area is 141 Å². The number of carbonyl (C=O) groups excluding carboxylic acids is 3. The van der Waals surface area contributed by atoms with Crippen LogP contribution in [0.4, 0.5) is 4.79 Å². The highest BCUT2D eigenvalue weighted by Gasteiger charge is 2.44. The summed E-state index contributed by atoms with van der Waals surface area (Å²) < 4.78 is 0. The van der Waals surface area contributed by atoms with Crippen molar-refractivity contribution in [3.05, 3.63) is 35.9 Å². The van der Waals surface area contributed by atoms with Crippen LogP contribution in [0.2, 0.25) is 0 Å². The fourth-order valence-electron chi connectivity index (χ4n) is 3.07. The van der Waals surface area contributed by atoms with Crippen LogP contribution >= 0.6 is 0 Å². The lowest BCUT2D eigenvalue weighted by Crippen LogP contribution is -2.49. The van der Waals surface area contributed by atoms with Gasteiger partial charge in [0.05, 0.1) is 0 Å². The van der Waals surface area contributed by atoms with Crippen molar-refractivity contribution in [3.8, 4) is 0 Å². The monoisotopic (exact) mass is 332 g/mol. The van der Waals surface area contributed by atoms with Gasteiger partial charge in [-0.25, -0.2) is 4.79 Å². The summed E-state index contributed by atoms with van der Waals surface area (Å²) in [5, 5.41) is 11.8. The van der Waals surface area contributed by atoms with Crippen LogP contribution in [0.1, 0.15) is 32.3 Å². The zero-order valence-electron chi connectivity index (χ0n) is 14.1. The van der Waals surface area contributed by atoms with Gasteiger partial charge in [0.15, 0.2) is 5.78 Å². The normalized spacial score (nSPS) is 18.8. The maximum atomic E-state index is 12.5. The summed E-state index contributed by atoms with van der Waals surface area (Å²) in [4.78, 5) is 37.6. The Morgan fingerprint density at radius 1 is 1.25 bits per heavy atom. The zero-order chi connectivity index (χ0) is 17.7. The number of urea groups is 1. The molecule has 0 unspecified atom stereocenters. The van der Waals surface area contributed by atoms with E-state index >= 15 is 0 Å². The van der Waals surface area contributed by atoms with E-state index in [4.69, 9.17) is 5.11 Å². The van der Waals surface area contributed by atoms with Gasteiger partial charge in [-0.05, 0) is 30.7 Å². The molecule has 6 heteroatoms. The van der Waals surface area contributed by atoms with Crippen LogP contribution < -0.4 is 5.32 Å². The number of hydrogen-bond acceptors (Lipinski definition) is 4. The van der Waals surface area contributed by atoms with Crippen molar-refractivity contribution >= 4 is 17.7 Å². The van der Waals surface area contributed by atoms with E-state index in [1.165, 1.54) is 5.56 Å². The number of benzene rings is 1. The molecule has 0 spiro atoms. The third-order valence-electron chi connectivity index (χ3n) is 4.25. The number of aliphatic hydroxyl groups excluding tert-OH is 1. The van der Waals surface area contributed by atoms with Crippen molar-refractivity contribution in [1.82, 2.24) is 10.2 Å². The van der Waals surface area contributed by atoms with Crippen molar-refractivity contribution < 1.29 is 19.5 Å². The van der Waals surface area contributed by atoms with E-state index in [0.717, 1.165) is 17.7 Å². The highest BCUT2D eigenvalue weighted by molar-refractivity contribution is 6.07. The van der Waals surface area contributed by atoms with E-state index in [1.807, 2.05) is 30.3 Å². The fourth-order valence-corrected chi connectivity index (χ4v) is 3.07. The summed E-state index contributed by atoms with van der Waals surface area (Å²) in [5.41, 5.74) is 1.18. The molecule has 1 aliphatic rings. The van der Waals surface area contributed by atoms with Gasteiger partial charge < -0.3 is 10.4 Å². The summed E-state index contributed by atoms with van der Waals surface area (Å²) in [5.74, 6) is -1.14. The molecule has 0 aromatic heterocycles. The molecule has 1 heterocycles. The number of carbonyl (C=O) groups is 3. The average molecular weight is 332 g/mol. The summed E-state index contributed by atoms with van der Waals surface area (Å²) in [7, 11) is 0. The first-order valence-corrected chi connectivity index (χ1v) is 8.26. The smallest absolute Gasteiger partial charge is 0.325 e. The van der Waals surface area contributed by atoms with Gasteiger partial charge in [-0.15, -0.1) is 0 Å². The minimum Gasteiger partial charge on any atom is -0.388 e. The molecular formula is C18H24N2O4. The number of imide groups is 1. The Balaban J connectivity index is 1.98. The van der Waals surface area contributed by atoms with E-state index in [-0.39, 0.29) is 11.8 Å². The number of aryl methyl sites for hydroxylation is 1. The molecule has 24 heavy (non-hydrogen) atoms. The number of Topliss-reactive ketones (excluding diaryl/α,β-unsaturated/α-hetero) is 1. The maximum Gasteiger partial charge on any atom is 0.325 e. The van der Waals surface area contributed by atoms with Gasteiger partial charge in [0, 0.05) is 0 Å². The summed E-state index contributed by atoms with van der Waals surface area (Å²) in [6, 6.07) is 7.86. The Bertz CT molecular complexity index is 600. The van der Waals surface area contributed by atoms with Gasteiger partial charge in [0.25, 0.3) is 5.91 Å². The predicted molar refractivity (Wildman–Crippen MR) is 89.3 cm³/mol. The molecule has 130 valence electrons. The minimum atomic E-state index is -0.915. The number of aliphatic hydroxyl groups is 1. The number of ketones is 1. The third-order valence-corrected chi connectivity index (χ3v) is 4.25. The fraction of sp³-hybridized carbons (Fsp3) is 0.500. The highest BCUT2D eigenvalue weighted by atomic mass is 16.3. The van der Waals surface area contributed by atoms with E-state index in [1.54, 1.807) is 13.8 Å². The van der Waals surface area contributed by atoms with Crippen molar-refractivity contribution in [1.29, 1.82) is 0 Å². The lowest BCUT2D eigenvalue weighted by molar-refractivity contribution is -0.137. The average Bonchev–Trinajstić information content (AvgIpc) is 2.83. The Morgan fingerprint density at radius 2 is 1.92 bits per heavy atom. The predicted octanol–water partition coefficient (Wildman–Crippen LogP) is 1.52. The molecule has 2 N–H and O–H groups in total. The van der Waals surface area contributed by atoms with Crippen LogP contribution in [-0.2, 0) is 16.0 Å². The molecule has 0 aliphatic carbocycles. The van der Waals surface area contributed by atoms with Crippen LogP contribution in [0.5, 0.6) is 0 Å². The standard InChI is InChI=1S/C18H24N2O4/c1-12(2)16(15(22)11-21)20-17(23)14(19-18(20)24)10-6-9-13-7-4-3-5-8-13/h3-5,7-8,12,14,16,21H,6,9-11H2,1-2H3,(H,19,24)/t14-,16+/m0/s1. The molecule has 1 aromatic rings. The highest BCUT2D eigenvalue weighted by Crippen LogP contribution is 2.20. The number of amides is 3.